The highest BCUT2D eigenvalue weighted by atomic mass is 16.2. The van der Waals surface area contributed by atoms with Crippen LogP contribution in [0.25, 0.3) is 0 Å². The van der Waals surface area contributed by atoms with Gasteiger partial charge in [-0.1, -0.05) is 0 Å². The number of carbonyl (C=O) groups excluding carboxylic acids is 2. The van der Waals surface area contributed by atoms with Crippen molar-refractivity contribution < 1.29 is 9.59 Å². The molecule has 2 amide bonds. The van der Waals surface area contributed by atoms with E-state index in [0.717, 1.165) is 26.2 Å². The minimum absolute atomic E-state index is 0.00928. The minimum atomic E-state index is -0.521. The summed E-state index contributed by atoms with van der Waals surface area (Å²) in [4.78, 5) is 27.6. The number of carbonyl (C=O) groups is 2. The van der Waals surface area contributed by atoms with Crippen LogP contribution in [-0.2, 0) is 9.59 Å². The van der Waals surface area contributed by atoms with E-state index in [-0.39, 0.29) is 11.8 Å². The van der Waals surface area contributed by atoms with Crippen molar-refractivity contribution in [3.63, 3.8) is 0 Å². The van der Waals surface area contributed by atoms with E-state index in [1.807, 2.05) is 11.8 Å². The number of nitrogens with zero attached hydrogens (tertiary/aromatic N) is 2. The van der Waals surface area contributed by atoms with Gasteiger partial charge in [-0.25, -0.2) is 0 Å². The molecule has 2 aliphatic rings. The Hall–Kier alpha value is -1.10. The van der Waals surface area contributed by atoms with Crippen molar-refractivity contribution in [3.05, 3.63) is 0 Å². The summed E-state index contributed by atoms with van der Waals surface area (Å²) < 4.78 is 0. The first kappa shape index (κ1) is 11.4. The van der Waals surface area contributed by atoms with Gasteiger partial charge in [0.1, 0.15) is 0 Å². The van der Waals surface area contributed by atoms with Gasteiger partial charge in [-0.3, -0.25) is 9.59 Å². The van der Waals surface area contributed by atoms with Crippen LogP contribution < -0.4 is 5.32 Å². The average molecular weight is 225 g/mol. The summed E-state index contributed by atoms with van der Waals surface area (Å²) in [6.45, 7) is 5.76. The highest BCUT2D eigenvalue weighted by Crippen LogP contribution is 2.28. The van der Waals surface area contributed by atoms with E-state index < -0.39 is 5.41 Å². The van der Waals surface area contributed by atoms with E-state index in [9.17, 15) is 9.59 Å². The van der Waals surface area contributed by atoms with Crippen LogP contribution >= 0.6 is 0 Å². The van der Waals surface area contributed by atoms with Crippen LogP contribution in [0.2, 0.25) is 0 Å². The molecule has 0 aromatic heterocycles. The van der Waals surface area contributed by atoms with Crippen molar-refractivity contribution in [1.29, 1.82) is 0 Å². The van der Waals surface area contributed by atoms with Crippen LogP contribution in [0, 0.1) is 5.41 Å². The third-order valence-corrected chi connectivity index (χ3v) is 3.53. The highest BCUT2D eigenvalue weighted by Gasteiger charge is 2.43. The summed E-state index contributed by atoms with van der Waals surface area (Å²) >= 11 is 0. The second kappa shape index (κ2) is 4.05. The fourth-order valence-corrected chi connectivity index (χ4v) is 2.32. The summed E-state index contributed by atoms with van der Waals surface area (Å²) in [7, 11) is 2.06. The van der Waals surface area contributed by atoms with Gasteiger partial charge in [-0.15, -0.1) is 0 Å². The Morgan fingerprint density at radius 1 is 1.31 bits per heavy atom. The van der Waals surface area contributed by atoms with Crippen LogP contribution in [0.15, 0.2) is 0 Å². The molecule has 1 N–H and O–H groups in total. The minimum Gasteiger partial charge on any atom is -0.355 e. The number of likely N-dealkylation sites (N-methyl/N-ethyl adjacent to an activating group) is 1. The molecule has 16 heavy (non-hydrogen) atoms. The first-order valence-corrected chi connectivity index (χ1v) is 5.76. The van der Waals surface area contributed by atoms with Crippen molar-refractivity contribution in [3.8, 4) is 0 Å². The van der Waals surface area contributed by atoms with Crippen LogP contribution in [0.5, 0.6) is 0 Å². The third kappa shape index (κ3) is 2.04. The Morgan fingerprint density at radius 3 is 2.44 bits per heavy atom. The molecule has 1 atom stereocenters. The molecule has 2 aliphatic heterocycles. The largest absolute Gasteiger partial charge is 0.355 e. The zero-order valence-electron chi connectivity index (χ0n) is 9.95. The lowest BCUT2D eigenvalue weighted by Gasteiger charge is -2.36. The topological polar surface area (TPSA) is 52.6 Å². The second-order valence-electron chi connectivity index (χ2n) is 5.11. The molecule has 0 radical (unpaired) electrons. The molecule has 0 aromatic carbocycles. The molecular formula is C11H19N3O2. The van der Waals surface area contributed by atoms with Gasteiger partial charge in [0.15, 0.2) is 0 Å². The first-order chi connectivity index (χ1) is 7.51. The molecular weight excluding hydrogens is 206 g/mol. The Kier molecular flexibility index (Phi) is 2.88. The Balaban J connectivity index is 1.99. The number of rotatable bonds is 1. The van der Waals surface area contributed by atoms with E-state index in [2.05, 4.69) is 17.3 Å². The zero-order valence-corrected chi connectivity index (χ0v) is 9.95. The Labute approximate surface area is 95.8 Å². The summed E-state index contributed by atoms with van der Waals surface area (Å²) in [6.07, 6.45) is 0.332. The Bertz CT molecular complexity index is 310. The lowest BCUT2D eigenvalue weighted by atomic mass is 9.87. The monoisotopic (exact) mass is 225 g/mol. The van der Waals surface area contributed by atoms with Gasteiger partial charge < -0.3 is 15.1 Å². The SMILES string of the molecule is CN1CCN(C(=O)C2(C)CNC(=O)C2)CC1. The first-order valence-electron chi connectivity index (χ1n) is 5.76. The summed E-state index contributed by atoms with van der Waals surface area (Å²) in [6, 6.07) is 0. The summed E-state index contributed by atoms with van der Waals surface area (Å²) in [5, 5.41) is 2.74. The van der Waals surface area contributed by atoms with E-state index in [0.29, 0.717) is 13.0 Å². The summed E-state index contributed by atoms with van der Waals surface area (Å²) in [5.74, 6) is 0.115. The van der Waals surface area contributed by atoms with Gasteiger partial charge >= 0.3 is 0 Å². The molecule has 2 heterocycles. The maximum Gasteiger partial charge on any atom is 0.230 e. The molecule has 0 bridgehead atoms. The van der Waals surface area contributed by atoms with Gasteiger partial charge in [0.05, 0.1) is 5.41 Å². The van der Waals surface area contributed by atoms with Crippen LogP contribution in [0.4, 0.5) is 0 Å². The number of amides is 2. The molecule has 0 spiro atoms. The molecule has 5 heteroatoms. The van der Waals surface area contributed by atoms with Gasteiger partial charge in [-0.2, -0.15) is 0 Å². The van der Waals surface area contributed by atoms with Crippen molar-refractivity contribution in [2.45, 2.75) is 13.3 Å². The molecule has 2 rings (SSSR count). The predicted molar refractivity (Wildman–Crippen MR) is 59.8 cm³/mol. The van der Waals surface area contributed by atoms with E-state index >= 15 is 0 Å². The van der Waals surface area contributed by atoms with Crippen molar-refractivity contribution in [1.82, 2.24) is 15.1 Å². The van der Waals surface area contributed by atoms with Crippen LogP contribution in [0.1, 0.15) is 13.3 Å². The molecule has 0 saturated carbocycles. The smallest absolute Gasteiger partial charge is 0.230 e. The van der Waals surface area contributed by atoms with E-state index in [1.165, 1.54) is 0 Å². The number of piperazine rings is 1. The van der Waals surface area contributed by atoms with Crippen molar-refractivity contribution >= 4 is 11.8 Å². The van der Waals surface area contributed by atoms with Crippen LogP contribution in [-0.4, -0.2) is 61.4 Å². The fourth-order valence-electron chi connectivity index (χ4n) is 2.32. The van der Waals surface area contributed by atoms with Gasteiger partial charge in [-0.05, 0) is 14.0 Å². The van der Waals surface area contributed by atoms with Crippen molar-refractivity contribution in [2.24, 2.45) is 5.41 Å². The van der Waals surface area contributed by atoms with E-state index in [4.69, 9.17) is 0 Å². The normalized spacial score (nSPS) is 31.6. The fraction of sp³-hybridized carbons (Fsp3) is 0.818. The molecule has 1 unspecified atom stereocenters. The number of hydrogen-bond donors (Lipinski definition) is 1. The summed E-state index contributed by atoms with van der Waals surface area (Å²) in [5.41, 5.74) is -0.521. The van der Waals surface area contributed by atoms with Crippen molar-refractivity contribution in [2.75, 3.05) is 39.8 Å². The van der Waals surface area contributed by atoms with Gasteiger partial charge in [0, 0.05) is 39.1 Å². The molecule has 5 nitrogen and oxygen atoms in total. The molecule has 90 valence electrons. The maximum atomic E-state index is 12.3. The molecule has 0 aliphatic carbocycles. The van der Waals surface area contributed by atoms with E-state index in [1.54, 1.807) is 0 Å². The molecule has 2 saturated heterocycles. The number of hydrogen-bond acceptors (Lipinski definition) is 3. The van der Waals surface area contributed by atoms with Gasteiger partial charge in [0.2, 0.25) is 11.8 Å². The molecule has 0 aromatic rings. The Morgan fingerprint density at radius 2 is 1.94 bits per heavy atom. The van der Waals surface area contributed by atoms with Crippen LogP contribution in [0.3, 0.4) is 0 Å². The molecule has 2 fully saturated rings. The predicted octanol–water partition coefficient (Wildman–Crippen LogP) is -0.713. The quantitative estimate of drug-likeness (QED) is 0.641. The third-order valence-electron chi connectivity index (χ3n) is 3.53. The highest BCUT2D eigenvalue weighted by molar-refractivity contribution is 5.92. The van der Waals surface area contributed by atoms with Gasteiger partial charge in [0.25, 0.3) is 0 Å². The number of nitrogens with one attached hydrogen (secondary N) is 1. The lowest BCUT2D eigenvalue weighted by Crippen LogP contribution is -2.52. The second-order valence-corrected chi connectivity index (χ2v) is 5.11. The zero-order chi connectivity index (χ0) is 11.8. The standard InChI is InChI=1S/C11H19N3O2/c1-11(7-9(15)12-8-11)10(16)14-5-3-13(2)4-6-14/h3-8H2,1-2H3,(H,12,15). The average Bonchev–Trinajstić information content (AvgIpc) is 2.60. The lowest BCUT2D eigenvalue weighted by molar-refractivity contribution is -0.142. The maximum absolute atomic E-state index is 12.3.